The molecule has 6 heteroatoms. The van der Waals surface area contributed by atoms with E-state index in [0.29, 0.717) is 0 Å². The molecule has 2 aromatic heterocycles. The number of hydrogen-bond donors (Lipinski definition) is 0. The molecule has 0 bridgehead atoms. The predicted molar refractivity (Wildman–Crippen MR) is 126 cm³/mol. The Hall–Kier alpha value is -3.67. The molecule has 0 amide bonds. The summed E-state index contributed by atoms with van der Waals surface area (Å²) in [5, 5.41) is 4.75. The largest absolute Gasteiger partial charge is 0.497 e. The van der Waals surface area contributed by atoms with E-state index >= 15 is 0 Å². The quantitative estimate of drug-likeness (QED) is 0.442. The molecule has 0 saturated heterocycles. The minimum absolute atomic E-state index is 0.268. The van der Waals surface area contributed by atoms with Crippen LogP contribution in [0.4, 0.5) is 0 Å². The lowest BCUT2D eigenvalue weighted by molar-refractivity contribution is 0.413. The number of aromatic nitrogens is 5. The molecule has 1 aliphatic heterocycles. The van der Waals surface area contributed by atoms with Gasteiger partial charge in [0, 0.05) is 24.3 Å². The van der Waals surface area contributed by atoms with Gasteiger partial charge >= 0.3 is 0 Å². The Kier molecular flexibility index (Phi) is 5.35. The Balaban J connectivity index is 1.37. The first-order valence-electron chi connectivity index (χ1n) is 11.0. The van der Waals surface area contributed by atoms with E-state index in [-0.39, 0.29) is 5.92 Å². The van der Waals surface area contributed by atoms with Crippen molar-refractivity contribution in [3.05, 3.63) is 89.0 Å². The van der Waals surface area contributed by atoms with Crippen LogP contribution < -0.4 is 4.74 Å². The number of methoxy groups -OCH3 is 1. The molecule has 3 heterocycles. The molecule has 162 valence electrons. The second-order valence-electron chi connectivity index (χ2n) is 8.32. The zero-order valence-electron chi connectivity index (χ0n) is 18.7. The van der Waals surface area contributed by atoms with Gasteiger partial charge in [-0.2, -0.15) is 5.10 Å². The van der Waals surface area contributed by atoms with Crippen molar-refractivity contribution in [3.63, 3.8) is 0 Å². The highest BCUT2D eigenvalue weighted by Gasteiger charge is 2.25. The molecule has 0 unspecified atom stereocenters. The summed E-state index contributed by atoms with van der Waals surface area (Å²) in [5.74, 6) is 2.94. The summed E-state index contributed by atoms with van der Waals surface area (Å²) in [7, 11) is 1.69. The van der Waals surface area contributed by atoms with Crippen molar-refractivity contribution in [2.45, 2.75) is 39.2 Å². The third kappa shape index (κ3) is 3.96. The van der Waals surface area contributed by atoms with Gasteiger partial charge in [0.15, 0.2) is 5.82 Å². The highest BCUT2D eigenvalue weighted by Crippen LogP contribution is 2.33. The molecule has 32 heavy (non-hydrogen) atoms. The number of aryl methyl sites for hydroxylation is 3. The number of hydrogen-bond acceptors (Lipinski definition) is 4. The summed E-state index contributed by atoms with van der Waals surface area (Å²) in [6.45, 7) is 5.04. The average Bonchev–Trinajstić information content (AvgIpc) is 3.43. The Bertz CT molecular complexity index is 1270. The molecule has 0 fully saturated rings. The van der Waals surface area contributed by atoms with Crippen molar-refractivity contribution in [2.75, 3.05) is 7.11 Å². The minimum Gasteiger partial charge on any atom is -0.497 e. The summed E-state index contributed by atoms with van der Waals surface area (Å²) in [6.07, 6.45) is 10.2. The molecule has 6 nitrogen and oxygen atoms in total. The van der Waals surface area contributed by atoms with Crippen molar-refractivity contribution in [1.29, 1.82) is 0 Å². The van der Waals surface area contributed by atoms with Gasteiger partial charge in [-0.3, -0.25) is 0 Å². The minimum atomic E-state index is 0.268. The fourth-order valence-corrected chi connectivity index (χ4v) is 4.39. The van der Waals surface area contributed by atoms with Crippen LogP contribution in [0.15, 0.2) is 55.0 Å². The van der Waals surface area contributed by atoms with E-state index < -0.39 is 0 Å². The molecule has 5 rings (SSSR count). The van der Waals surface area contributed by atoms with E-state index in [1.807, 2.05) is 37.7 Å². The lowest BCUT2D eigenvalue weighted by Crippen LogP contribution is -2.17. The maximum Gasteiger partial charge on any atom is 0.174 e. The normalized spacial score (nSPS) is 15.8. The van der Waals surface area contributed by atoms with Crippen molar-refractivity contribution in [3.8, 4) is 11.4 Å². The van der Waals surface area contributed by atoms with Crippen molar-refractivity contribution >= 4 is 12.2 Å². The molecule has 1 aliphatic rings. The topological polar surface area (TPSA) is 57.8 Å². The van der Waals surface area contributed by atoms with Crippen LogP contribution in [0.2, 0.25) is 0 Å². The molecule has 0 saturated carbocycles. The second kappa shape index (κ2) is 8.46. The van der Waals surface area contributed by atoms with E-state index in [2.05, 4.69) is 57.6 Å². The van der Waals surface area contributed by atoms with Gasteiger partial charge in [-0.05, 0) is 73.7 Å². The van der Waals surface area contributed by atoms with Gasteiger partial charge in [-0.25, -0.2) is 14.6 Å². The van der Waals surface area contributed by atoms with Gasteiger partial charge in [0.1, 0.15) is 11.6 Å². The number of imidazole rings is 1. The van der Waals surface area contributed by atoms with Crippen molar-refractivity contribution in [1.82, 2.24) is 24.3 Å². The SMILES string of the molecule is COc1ccc([C@@H]2CCCn3nc(/C=C/c4ccc(-n5cnc(C)c5)c(C)c4)nc32)cc1. The fraction of sp³-hybridized carbons (Fsp3) is 0.269. The molecule has 0 radical (unpaired) electrons. The average molecular weight is 426 g/mol. The molecule has 1 atom stereocenters. The van der Waals surface area contributed by atoms with Crippen LogP contribution in [0.3, 0.4) is 0 Å². The summed E-state index contributed by atoms with van der Waals surface area (Å²) >= 11 is 0. The lowest BCUT2D eigenvalue weighted by Gasteiger charge is -2.22. The molecule has 2 aromatic carbocycles. The molecular formula is C26H27N5O. The zero-order chi connectivity index (χ0) is 22.1. The van der Waals surface area contributed by atoms with Gasteiger partial charge in [0.25, 0.3) is 0 Å². The smallest absolute Gasteiger partial charge is 0.174 e. The first-order valence-corrected chi connectivity index (χ1v) is 11.0. The summed E-state index contributed by atoms with van der Waals surface area (Å²) in [5.41, 5.74) is 5.73. The van der Waals surface area contributed by atoms with E-state index in [1.165, 1.54) is 11.1 Å². The van der Waals surface area contributed by atoms with Gasteiger partial charge < -0.3 is 9.30 Å². The standard InChI is InChI=1S/C26H27N5O/c1-18-15-20(6-12-24(18)30-16-19(2)27-17-30)7-13-25-28-26-23(5-4-14-31(26)29-25)21-8-10-22(32-3)11-9-21/h6-13,15-17,23H,4-5,14H2,1-3H3/b13-7+/t23-/m0/s1. The second-order valence-corrected chi connectivity index (χ2v) is 8.32. The molecule has 4 aromatic rings. The van der Waals surface area contributed by atoms with Crippen molar-refractivity contribution < 1.29 is 4.74 Å². The number of ether oxygens (including phenoxy) is 1. The van der Waals surface area contributed by atoms with Crippen LogP contribution in [0.25, 0.3) is 17.8 Å². The maximum absolute atomic E-state index is 5.30. The predicted octanol–water partition coefficient (Wildman–Crippen LogP) is 5.19. The van der Waals surface area contributed by atoms with Crippen molar-refractivity contribution in [2.24, 2.45) is 0 Å². The molecule has 0 N–H and O–H groups in total. The van der Waals surface area contributed by atoms with Gasteiger partial charge in [0.05, 0.1) is 19.1 Å². The third-order valence-electron chi connectivity index (χ3n) is 6.04. The summed E-state index contributed by atoms with van der Waals surface area (Å²) in [4.78, 5) is 9.20. The first kappa shape index (κ1) is 20.2. The van der Waals surface area contributed by atoms with Gasteiger partial charge in [0.2, 0.25) is 0 Å². The van der Waals surface area contributed by atoms with E-state index in [1.54, 1.807) is 7.11 Å². The Morgan fingerprint density at radius 1 is 1.06 bits per heavy atom. The fourth-order valence-electron chi connectivity index (χ4n) is 4.39. The maximum atomic E-state index is 5.30. The Morgan fingerprint density at radius 2 is 1.91 bits per heavy atom. The molecule has 0 aliphatic carbocycles. The van der Waals surface area contributed by atoms with Crippen LogP contribution in [-0.4, -0.2) is 31.4 Å². The van der Waals surface area contributed by atoms with E-state index in [4.69, 9.17) is 14.8 Å². The van der Waals surface area contributed by atoms with Gasteiger partial charge in [-0.1, -0.05) is 24.3 Å². The summed E-state index contributed by atoms with van der Waals surface area (Å²) < 4.78 is 9.42. The van der Waals surface area contributed by atoms with Crippen LogP contribution in [-0.2, 0) is 6.54 Å². The van der Waals surface area contributed by atoms with E-state index in [0.717, 1.165) is 53.7 Å². The number of fused-ring (bicyclic) bond motifs is 1. The van der Waals surface area contributed by atoms with Crippen LogP contribution >= 0.6 is 0 Å². The number of rotatable bonds is 5. The van der Waals surface area contributed by atoms with Crippen LogP contribution in [0.1, 0.15) is 52.8 Å². The molecule has 0 spiro atoms. The first-order chi connectivity index (χ1) is 15.6. The highest BCUT2D eigenvalue weighted by molar-refractivity contribution is 5.68. The summed E-state index contributed by atoms with van der Waals surface area (Å²) in [6, 6.07) is 14.7. The van der Waals surface area contributed by atoms with Gasteiger partial charge in [-0.15, -0.1) is 0 Å². The van der Waals surface area contributed by atoms with E-state index in [9.17, 15) is 0 Å². The number of nitrogens with zero attached hydrogens (tertiary/aromatic N) is 5. The monoisotopic (exact) mass is 425 g/mol. The number of benzene rings is 2. The Morgan fingerprint density at radius 3 is 2.62 bits per heavy atom. The highest BCUT2D eigenvalue weighted by atomic mass is 16.5. The lowest BCUT2D eigenvalue weighted by atomic mass is 9.91. The Labute approximate surface area is 188 Å². The third-order valence-corrected chi connectivity index (χ3v) is 6.04. The van der Waals surface area contributed by atoms with Crippen LogP contribution in [0.5, 0.6) is 5.75 Å². The molecular weight excluding hydrogens is 398 g/mol. The van der Waals surface area contributed by atoms with Crippen LogP contribution in [0, 0.1) is 13.8 Å². The zero-order valence-corrected chi connectivity index (χ0v) is 18.7.